The van der Waals surface area contributed by atoms with Crippen LogP contribution in [0.1, 0.15) is 19.8 Å². The van der Waals surface area contributed by atoms with Gasteiger partial charge in [0.25, 0.3) is 0 Å². The first-order valence-corrected chi connectivity index (χ1v) is 9.03. The van der Waals surface area contributed by atoms with E-state index in [-0.39, 0.29) is 0 Å². The first-order valence-electron chi connectivity index (χ1n) is 5.27. The van der Waals surface area contributed by atoms with Gasteiger partial charge in [-0.3, -0.25) is 0 Å². The van der Waals surface area contributed by atoms with Crippen LogP contribution in [-0.2, 0) is 0 Å². The van der Waals surface area contributed by atoms with Gasteiger partial charge >= 0.3 is 0 Å². The standard InChI is InChI=1S/C12H13IS3/c1-2-3-7-14-9-6-8-15-12(9)10-4-5-11(13)16-10/h4-6,8H,2-3,7H2,1H3. The smallest absolute Gasteiger partial charge is 0.0660 e. The van der Waals surface area contributed by atoms with E-state index in [2.05, 4.69) is 53.1 Å². The van der Waals surface area contributed by atoms with Gasteiger partial charge in [0, 0.05) is 9.77 Å². The molecule has 0 aromatic carbocycles. The van der Waals surface area contributed by atoms with Crippen LogP contribution in [0.15, 0.2) is 28.5 Å². The lowest BCUT2D eigenvalue weighted by molar-refractivity contribution is 0.896. The molecule has 0 aliphatic heterocycles. The molecule has 0 aliphatic carbocycles. The molecule has 0 aliphatic rings. The lowest BCUT2D eigenvalue weighted by Gasteiger charge is -2.00. The van der Waals surface area contributed by atoms with Crippen molar-refractivity contribution in [3.8, 4) is 9.75 Å². The maximum absolute atomic E-state index is 2.39. The van der Waals surface area contributed by atoms with Gasteiger partial charge in [-0.2, -0.15) is 0 Å². The monoisotopic (exact) mass is 380 g/mol. The van der Waals surface area contributed by atoms with Gasteiger partial charge in [0.2, 0.25) is 0 Å². The van der Waals surface area contributed by atoms with Crippen molar-refractivity contribution in [2.75, 3.05) is 5.75 Å². The molecule has 0 nitrogen and oxygen atoms in total. The van der Waals surface area contributed by atoms with Crippen LogP contribution in [0.3, 0.4) is 0 Å². The molecule has 0 spiro atoms. The Hall–Kier alpha value is 0.480. The van der Waals surface area contributed by atoms with Crippen molar-refractivity contribution in [1.82, 2.24) is 0 Å². The van der Waals surface area contributed by atoms with Gasteiger partial charge < -0.3 is 0 Å². The lowest BCUT2D eigenvalue weighted by Crippen LogP contribution is -1.77. The largest absolute Gasteiger partial charge is 0.142 e. The second-order valence-corrected chi connectivity index (χ2v) is 8.45. The molecule has 0 fully saturated rings. The van der Waals surface area contributed by atoms with Gasteiger partial charge in [0.1, 0.15) is 0 Å². The molecule has 0 bridgehead atoms. The Morgan fingerprint density at radius 3 is 2.88 bits per heavy atom. The van der Waals surface area contributed by atoms with Crippen molar-refractivity contribution in [3.05, 3.63) is 26.5 Å². The number of rotatable bonds is 5. The van der Waals surface area contributed by atoms with Gasteiger partial charge in [-0.1, -0.05) is 13.3 Å². The van der Waals surface area contributed by atoms with Crippen molar-refractivity contribution in [2.24, 2.45) is 0 Å². The zero-order valence-electron chi connectivity index (χ0n) is 9.03. The third kappa shape index (κ3) is 3.24. The number of hydrogen-bond acceptors (Lipinski definition) is 3. The van der Waals surface area contributed by atoms with Crippen LogP contribution < -0.4 is 0 Å². The molecule has 2 aromatic heterocycles. The van der Waals surface area contributed by atoms with E-state index in [9.17, 15) is 0 Å². The van der Waals surface area contributed by atoms with E-state index < -0.39 is 0 Å². The molecule has 0 saturated heterocycles. The summed E-state index contributed by atoms with van der Waals surface area (Å²) in [5, 5.41) is 2.20. The van der Waals surface area contributed by atoms with E-state index in [0.717, 1.165) is 0 Å². The first-order chi connectivity index (χ1) is 7.81. The normalized spacial score (nSPS) is 10.9. The topological polar surface area (TPSA) is 0 Å². The second kappa shape index (κ2) is 6.42. The van der Waals surface area contributed by atoms with Gasteiger partial charge in [-0.15, -0.1) is 34.4 Å². The van der Waals surface area contributed by atoms with E-state index in [1.165, 1.54) is 36.1 Å². The van der Waals surface area contributed by atoms with Crippen LogP contribution in [0.5, 0.6) is 0 Å². The Morgan fingerprint density at radius 2 is 2.19 bits per heavy atom. The van der Waals surface area contributed by atoms with E-state index in [4.69, 9.17) is 0 Å². The van der Waals surface area contributed by atoms with Crippen LogP contribution >= 0.6 is 57.0 Å². The third-order valence-corrected chi connectivity index (χ3v) is 6.44. The Bertz CT molecular complexity index is 445. The van der Waals surface area contributed by atoms with Crippen molar-refractivity contribution in [3.63, 3.8) is 0 Å². The number of hydrogen-bond donors (Lipinski definition) is 0. The van der Waals surface area contributed by atoms with E-state index in [0.29, 0.717) is 0 Å². The predicted octanol–water partition coefficient (Wildman–Crippen LogP) is 5.97. The summed E-state index contributed by atoms with van der Waals surface area (Å²) in [5.41, 5.74) is 0. The van der Waals surface area contributed by atoms with Crippen LogP contribution in [-0.4, -0.2) is 5.75 Å². The summed E-state index contributed by atoms with van der Waals surface area (Å²) in [6.07, 6.45) is 2.59. The molecule has 0 radical (unpaired) electrons. The highest BCUT2D eigenvalue weighted by Gasteiger charge is 2.09. The van der Waals surface area contributed by atoms with Crippen LogP contribution in [0.4, 0.5) is 0 Å². The number of halogens is 1. The molecule has 0 unspecified atom stereocenters. The minimum absolute atomic E-state index is 1.24. The van der Waals surface area contributed by atoms with E-state index >= 15 is 0 Å². The fraction of sp³-hybridized carbons (Fsp3) is 0.333. The maximum Gasteiger partial charge on any atom is 0.0660 e. The average molecular weight is 380 g/mol. The van der Waals surface area contributed by atoms with Gasteiger partial charge in [0.05, 0.1) is 7.76 Å². The number of thiophene rings is 2. The summed E-state index contributed by atoms with van der Waals surface area (Å²) in [6, 6.07) is 6.69. The highest BCUT2D eigenvalue weighted by Crippen LogP contribution is 2.40. The highest BCUT2D eigenvalue weighted by molar-refractivity contribution is 14.1. The number of unbranched alkanes of at least 4 members (excludes halogenated alkanes) is 1. The summed E-state index contributed by atoms with van der Waals surface area (Å²) in [6.45, 7) is 2.25. The summed E-state index contributed by atoms with van der Waals surface area (Å²) in [7, 11) is 0. The van der Waals surface area contributed by atoms with Crippen LogP contribution in [0, 0.1) is 2.88 Å². The second-order valence-electron chi connectivity index (χ2n) is 3.42. The molecule has 0 amide bonds. The molecule has 4 heteroatoms. The maximum atomic E-state index is 2.39. The summed E-state index contributed by atoms with van der Waals surface area (Å²) in [4.78, 5) is 4.32. The minimum atomic E-state index is 1.24. The summed E-state index contributed by atoms with van der Waals surface area (Å²) in [5.74, 6) is 1.24. The molecule has 0 atom stereocenters. The molecular formula is C12H13IS3. The third-order valence-electron chi connectivity index (χ3n) is 2.18. The number of thioether (sulfide) groups is 1. The van der Waals surface area contributed by atoms with Crippen LogP contribution in [0.25, 0.3) is 9.75 Å². The Kier molecular flexibility index (Phi) is 5.19. The van der Waals surface area contributed by atoms with Gasteiger partial charge in [-0.25, -0.2) is 0 Å². The van der Waals surface area contributed by atoms with Crippen molar-refractivity contribution in [1.29, 1.82) is 0 Å². The zero-order valence-corrected chi connectivity index (χ0v) is 13.6. The Balaban J connectivity index is 2.12. The highest BCUT2D eigenvalue weighted by atomic mass is 127. The molecule has 2 heterocycles. The van der Waals surface area contributed by atoms with E-state index in [1.807, 2.05) is 34.4 Å². The fourth-order valence-electron chi connectivity index (χ4n) is 1.35. The van der Waals surface area contributed by atoms with E-state index in [1.54, 1.807) is 0 Å². The molecule has 0 N–H and O–H groups in total. The van der Waals surface area contributed by atoms with Gasteiger partial charge in [-0.05, 0) is 58.3 Å². The molecule has 16 heavy (non-hydrogen) atoms. The van der Waals surface area contributed by atoms with Crippen molar-refractivity contribution < 1.29 is 0 Å². The SMILES string of the molecule is CCCCSc1ccsc1-c1ccc(I)s1. The zero-order chi connectivity index (χ0) is 11.4. The quantitative estimate of drug-likeness (QED) is 0.350. The Labute approximate surface area is 123 Å². The van der Waals surface area contributed by atoms with Crippen molar-refractivity contribution >= 4 is 57.0 Å². The molecule has 86 valence electrons. The van der Waals surface area contributed by atoms with Crippen LogP contribution in [0.2, 0.25) is 0 Å². The molecule has 2 rings (SSSR count). The minimum Gasteiger partial charge on any atom is -0.142 e. The van der Waals surface area contributed by atoms with Crippen molar-refractivity contribution in [2.45, 2.75) is 24.7 Å². The molecular weight excluding hydrogens is 367 g/mol. The Morgan fingerprint density at radius 1 is 1.31 bits per heavy atom. The summed E-state index contributed by atoms with van der Waals surface area (Å²) < 4.78 is 1.37. The average Bonchev–Trinajstić information content (AvgIpc) is 2.87. The lowest BCUT2D eigenvalue weighted by atomic mass is 10.4. The first kappa shape index (κ1) is 12.9. The fourth-order valence-corrected chi connectivity index (χ4v) is 5.44. The predicted molar refractivity (Wildman–Crippen MR) is 86.0 cm³/mol. The molecule has 0 saturated carbocycles. The molecule has 2 aromatic rings. The van der Waals surface area contributed by atoms with Gasteiger partial charge in [0.15, 0.2) is 0 Å². The summed E-state index contributed by atoms with van der Waals surface area (Å²) >= 11 is 8.13.